The van der Waals surface area contributed by atoms with Crippen molar-refractivity contribution in [2.45, 2.75) is 19.8 Å². The monoisotopic (exact) mass is 380 g/mol. The molecule has 1 saturated heterocycles. The first-order valence-corrected chi connectivity index (χ1v) is 9.37. The molecule has 1 aliphatic rings. The fourth-order valence-corrected chi connectivity index (χ4v) is 3.40. The Hall–Kier alpha value is -3.15. The zero-order chi connectivity index (χ0) is 20.1. The number of hydrogen-bond donors (Lipinski definition) is 1. The number of benzene rings is 2. The number of rotatable bonds is 4. The first kappa shape index (κ1) is 19.6. The number of esters is 1. The topological polar surface area (TPSA) is 75.7 Å². The van der Waals surface area contributed by atoms with Crippen molar-refractivity contribution >= 4 is 23.5 Å². The molecule has 1 unspecified atom stereocenters. The second kappa shape index (κ2) is 8.69. The molecule has 1 fully saturated rings. The number of nitrogens with zero attached hydrogens (tertiary/aromatic N) is 1. The third-order valence-electron chi connectivity index (χ3n) is 4.92. The maximum atomic E-state index is 12.6. The van der Waals surface area contributed by atoms with Gasteiger partial charge in [-0.05, 0) is 55.2 Å². The number of methoxy groups -OCH3 is 1. The molecule has 0 radical (unpaired) electrons. The number of carbonyl (C=O) groups is 3. The summed E-state index contributed by atoms with van der Waals surface area (Å²) in [4.78, 5) is 38.9. The Morgan fingerprint density at radius 2 is 1.71 bits per heavy atom. The number of para-hydroxylation sites is 1. The minimum atomic E-state index is -0.521. The maximum absolute atomic E-state index is 12.6. The zero-order valence-electron chi connectivity index (χ0n) is 16.1. The third-order valence-corrected chi connectivity index (χ3v) is 4.92. The molecular formula is C22H24N2O4. The highest BCUT2D eigenvalue weighted by molar-refractivity contribution is 6.08. The van der Waals surface area contributed by atoms with E-state index in [9.17, 15) is 14.4 Å². The number of amides is 2. The van der Waals surface area contributed by atoms with Crippen LogP contribution in [0, 0.1) is 5.92 Å². The number of carbonyl (C=O) groups excluding carboxylic acids is 3. The molecule has 1 heterocycles. The molecule has 6 heteroatoms. The van der Waals surface area contributed by atoms with Crippen molar-refractivity contribution in [1.82, 2.24) is 4.90 Å². The molecule has 6 nitrogen and oxygen atoms in total. The summed E-state index contributed by atoms with van der Waals surface area (Å²) in [6.45, 7) is 3.69. The van der Waals surface area contributed by atoms with E-state index >= 15 is 0 Å². The van der Waals surface area contributed by atoms with Crippen LogP contribution in [0.5, 0.6) is 0 Å². The van der Waals surface area contributed by atoms with E-state index in [-0.39, 0.29) is 17.4 Å². The zero-order valence-corrected chi connectivity index (χ0v) is 16.1. The van der Waals surface area contributed by atoms with Gasteiger partial charge in [-0.15, -0.1) is 0 Å². The Morgan fingerprint density at radius 1 is 1.04 bits per heavy atom. The SMILES string of the molecule is COC(=O)c1ccccc1NC(=O)c1ccc(C(=O)N2CCCC(C)C2)cc1. The van der Waals surface area contributed by atoms with Crippen LogP contribution >= 0.6 is 0 Å². The van der Waals surface area contributed by atoms with Crippen LogP contribution in [0.4, 0.5) is 5.69 Å². The third kappa shape index (κ3) is 4.39. The van der Waals surface area contributed by atoms with Crippen LogP contribution in [0.2, 0.25) is 0 Å². The van der Waals surface area contributed by atoms with Crippen LogP contribution in [0.15, 0.2) is 48.5 Å². The molecule has 2 aromatic carbocycles. The number of ether oxygens (including phenoxy) is 1. The lowest BCUT2D eigenvalue weighted by Gasteiger charge is -2.31. The van der Waals surface area contributed by atoms with Gasteiger partial charge in [-0.25, -0.2) is 4.79 Å². The maximum Gasteiger partial charge on any atom is 0.339 e. The molecule has 0 spiro atoms. The quantitative estimate of drug-likeness (QED) is 0.823. The highest BCUT2D eigenvalue weighted by Crippen LogP contribution is 2.20. The summed E-state index contributed by atoms with van der Waals surface area (Å²) >= 11 is 0. The Morgan fingerprint density at radius 3 is 2.39 bits per heavy atom. The largest absolute Gasteiger partial charge is 0.465 e. The summed E-state index contributed by atoms with van der Waals surface area (Å²) < 4.78 is 4.74. The van der Waals surface area contributed by atoms with Gasteiger partial charge < -0.3 is 15.0 Å². The molecule has 28 heavy (non-hydrogen) atoms. The van der Waals surface area contributed by atoms with Gasteiger partial charge in [0.2, 0.25) is 0 Å². The standard InChI is InChI=1S/C22H24N2O4/c1-15-6-5-13-24(14-15)21(26)17-11-9-16(10-12-17)20(25)23-19-8-4-3-7-18(19)22(27)28-2/h3-4,7-12,15H,5-6,13-14H2,1-2H3,(H,23,25). The average molecular weight is 380 g/mol. The van der Waals surface area contributed by atoms with E-state index in [0.29, 0.717) is 22.7 Å². The van der Waals surface area contributed by atoms with Gasteiger partial charge in [0, 0.05) is 24.2 Å². The average Bonchev–Trinajstić information content (AvgIpc) is 2.73. The molecular weight excluding hydrogens is 356 g/mol. The molecule has 2 aromatic rings. The first-order chi connectivity index (χ1) is 13.5. The molecule has 0 aliphatic carbocycles. The Kier molecular flexibility index (Phi) is 6.09. The van der Waals surface area contributed by atoms with E-state index < -0.39 is 5.97 Å². The highest BCUT2D eigenvalue weighted by atomic mass is 16.5. The van der Waals surface area contributed by atoms with Crippen molar-refractivity contribution in [2.24, 2.45) is 5.92 Å². The van der Waals surface area contributed by atoms with Gasteiger partial charge in [0.1, 0.15) is 0 Å². The Balaban J connectivity index is 1.71. The minimum absolute atomic E-state index is 0.00505. The predicted octanol–water partition coefficient (Wildman–Crippen LogP) is 3.60. The first-order valence-electron chi connectivity index (χ1n) is 9.37. The van der Waals surface area contributed by atoms with Crippen molar-refractivity contribution in [1.29, 1.82) is 0 Å². The Labute approximate surface area is 164 Å². The molecule has 146 valence electrons. The highest BCUT2D eigenvalue weighted by Gasteiger charge is 2.22. The summed E-state index contributed by atoms with van der Waals surface area (Å²) in [5.74, 6) is -0.373. The second-order valence-corrected chi connectivity index (χ2v) is 7.07. The van der Waals surface area contributed by atoms with Gasteiger partial charge in [0.05, 0.1) is 18.4 Å². The van der Waals surface area contributed by atoms with Crippen molar-refractivity contribution in [3.05, 3.63) is 65.2 Å². The van der Waals surface area contributed by atoms with Gasteiger partial charge >= 0.3 is 5.97 Å². The van der Waals surface area contributed by atoms with Crippen LogP contribution in [0.25, 0.3) is 0 Å². The number of piperidine rings is 1. The molecule has 1 N–H and O–H groups in total. The summed E-state index contributed by atoms with van der Waals surface area (Å²) in [6, 6.07) is 13.2. The van der Waals surface area contributed by atoms with E-state index in [1.807, 2.05) is 4.90 Å². The fraction of sp³-hybridized carbons (Fsp3) is 0.318. The van der Waals surface area contributed by atoms with Crippen molar-refractivity contribution < 1.29 is 19.1 Å². The number of anilines is 1. The Bertz CT molecular complexity index is 876. The second-order valence-electron chi connectivity index (χ2n) is 7.07. The minimum Gasteiger partial charge on any atom is -0.465 e. The van der Waals surface area contributed by atoms with Gasteiger partial charge in [-0.2, -0.15) is 0 Å². The van der Waals surface area contributed by atoms with Crippen molar-refractivity contribution in [3.63, 3.8) is 0 Å². The fourth-order valence-electron chi connectivity index (χ4n) is 3.40. The van der Waals surface area contributed by atoms with E-state index in [2.05, 4.69) is 12.2 Å². The summed E-state index contributed by atoms with van der Waals surface area (Å²) in [5.41, 5.74) is 1.63. The summed E-state index contributed by atoms with van der Waals surface area (Å²) in [6.07, 6.45) is 2.17. The van der Waals surface area contributed by atoms with Crippen molar-refractivity contribution in [2.75, 3.05) is 25.5 Å². The summed E-state index contributed by atoms with van der Waals surface area (Å²) in [5, 5.41) is 2.72. The number of nitrogens with one attached hydrogen (secondary N) is 1. The molecule has 0 aromatic heterocycles. The van der Waals surface area contributed by atoms with Gasteiger partial charge in [0.25, 0.3) is 11.8 Å². The van der Waals surface area contributed by atoms with E-state index in [4.69, 9.17) is 4.74 Å². The molecule has 0 saturated carbocycles. The predicted molar refractivity (Wildman–Crippen MR) is 106 cm³/mol. The smallest absolute Gasteiger partial charge is 0.339 e. The van der Waals surface area contributed by atoms with Crippen LogP contribution < -0.4 is 5.32 Å². The van der Waals surface area contributed by atoms with Crippen molar-refractivity contribution in [3.8, 4) is 0 Å². The van der Waals surface area contributed by atoms with Crippen LogP contribution in [-0.4, -0.2) is 42.9 Å². The van der Waals surface area contributed by atoms with E-state index in [1.165, 1.54) is 7.11 Å². The van der Waals surface area contributed by atoms with Crippen LogP contribution in [-0.2, 0) is 4.74 Å². The number of likely N-dealkylation sites (tertiary alicyclic amines) is 1. The molecule has 2 amide bonds. The van der Waals surface area contributed by atoms with E-state index in [0.717, 1.165) is 25.9 Å². The summed E-state index contributed by atoms with van der Waals surface area (Å²) in [7, 11) is 1.29. The molecule has 0 bridgehead atoms. The normalized spacial score (nSPS) is 16.4. The van der Waals surface area contributed by atoms with Gasteiger partial charge in [0.15, 0.2) is 0 Å². The molecule has 1 atom stereocenters. The lowest BCUT2D eigenvalue weighted by atomic mass is 9.99. The lowest BCUT2D eigenvalue weighted by molar-refractivity contribution is 0.0601. The molecule has 1 aliphatic heterocycles. The number of hydrogen-bond acceptors (Lipinski definition) is 4. The van der Waals surface area contributed by atoms with Gasteiger partial charge in [-0.1, -0.05) is 19.1 Å². The van der Waals surface area contributed by atoms with E-state index in [1.54, 1.807) is 48.5 Å². The van der Waals surface area contributed by atoms with Crippen LogP contribution in [0.1, 0.15) is 50.8 Å². The van der Waals surface area contributed by atoms with Gasteiger partial charge in [-0.3, -0.25) is 9.59 Å². The molecule has 3 rings (SSSR count). The van der Waals surface area contributed by atoms with Crippen LogP contribution in [0.3, 0.4) is 0 Å². The lowest BCUT2D eigenvalue weighted by Crippen LogP contribution is -2.39.